The van der Waals surface area contributed by atoms with Gasteiger partial charge in [0, 0.05) is 37.2 Å². The topological polar surface area (TPSA) is 112 Å². The van der Waals surface area contributed by atoms with Crippen LogP contribution in [0.2, 0.25) is 0 Å². The van der Waals surface area contributed by atoms with Crippen molar-refractivity contribution in [3.63, 3.8) is 0 Å². The lowest BCUT2D eigenvalue weighted by atomic mass is 10.1. The molecule has 0 unspecified atom stereocenters. The van der Waals surface area contributed by atoms with E-state index in [4.69, 9.17) is 18.9 Å². The molecule has 2 N–H and O–H groups in total. The monoisotopic (exact) mass is 622 g/mol. The largest absolute Gasteiger partial charge is 0.490 e. The molecule has 2 atom stereocenters. The molecular weight excluding hydrogens is 584 g/mol. The Bertz CT molecular complexity index is 1470. The molecule has 46 heavy (non-hydrogen) atoms. The van der Waals surface area contributed by atoms with Crippen LogP contribution in [-0.2, 0) is 31.9 Å². The molecule has 0 spiro atoms. The van der Waals surface area contributed by atoms with Gasteiger partial charge in [0.2, 0.25) is 0 Å². The maximum absolute atomic E-state index is 11.3. The van der Waals surface area contributed by atoms with E-state index in [0.29, 0.717) is 50.8 Å². The highest BCUT2D eigenvalue weighted by atomic mass is 16.5. The predicted octanol–water partition coefficient (Wildman–Crippen LogP) is 5.72. The fourth-order valence-corrected chi connectivity index (χ4v) is 4.14. The van der Waals surface area contributed by atoms with Crippen LogP contribution in [-0.4, -0.2) is 60.8 Å². The molecule has 3 aromatic rings. The minimum absolute atomic E-state index is 0.296. The number of carboxylic acid groups (broad SMARTS) is 2. The van der Waals surface area contributed by atoms with Crippen molar-refractivity contribution in [1.82, 2.24) is 0 Å². The Morgan fingerprint density at radius 2 is 1.09 bits per heavy atom. The molecule has 0 saturated heterocycles. The lowest BCUT2D eigenvalue weighted by molar-refractivity contribution is -0.150. The van der Waals surface area contributed by atoms with Gasteiger partial charge in [-0.15, -0.1) is 0 Å². The van der Waals surface area contributed by atoms with Gasteiger partial charge in [0.1, 0.15) is 24.7 Å². The summed E-state index contributed by atoms with van der Waals surface area (Å²) in [5, 5.41) is 18.5. The van der Waals surface area contributed by atoms with Gasteiger partial charge >= 0.3 is 11.9 Å². The third-order valence-corrected chi connectivity index (χ3v) is 6.37. The molecule has 3 aromatic carbocycles. The molecule has 0 aliphatic carbocycles. The van der Waals surface area contributed by atoms with E-state index in [0.717, 1.165) is 22.3 Å². The average molecular weight is 623 g/mol. The molecule has 0 saturated carbocycles. The molecule has 0 amide bonds. The lowest BCUT2D eigenvalue weighted by Crippen LogP contribution is -2.26. The van der Waals surface area contributed by atoms with Gasteiger partial charge in [0.05, 0.1) is 0 Å². The highest BCUT2D eigenvalue weighted by molar-refractivity contribution is 5.73. The summed E-state index contributed by atoms with van der Waals surface area (Å²) in [7, 11) is 0. The number of hydrogen-bond acceptors (Lipinski definition) is 6. The molecule has 8 heteroatoms. The molecule has 0 fully saturated rings. The quantitative estimate of drug-likeness (QED) is 0.195. The molecular formula is C38H38O8. The Balaban J connectivity index is 1.40. The molecule has 0 radical (unpaired) electrons. The van der Waals surface area contributed by atoms with Gasteiger partial charge in [-0.25, -0.2) is 9.59 Å². The number of aliphatic carboxylic acids is 2. The van der Waals surface area contributed by atoms with Crippen molar-refractivity contribution in [2.45, 2.75) is 38.9 Å². The van der Waals surface area contributed by atoms with Crippen LogP contribution in [0.3, 0.4) is 0 Å². The molecule has 0 heterocycles. The van der Waals surface area contributed by atoms with Crippen LogP contribution < -0.4 is 9.47 Å². The van der Waals surface area contributed by atoms with Crippen molar-refractivity contribution in [3.8, 4) is 35.2 Å². The van der Waals surface area contributed by atoms with Crippen molar-refractivity contribution < 1.29 is 38.7 Å². The smallest absolute Gasteiger partial charge is 0.333 e. The number of allylic oxidation sites excluding steroid dienone is 2. The Labute approximate surface area is 270 Å². The summed E-state index contributed by atoms with van der Waals surface area (Å²) < 4.78 is 21.9. The molecule has 8 nitrogen and oxygen atoms in total. The van der Waals surface area contributed by atoms with Crippen LogP contribution in [0.1, 0.15) is 36.1 Å². The molecule has 0 aromatic heterocycles. The van der Waals surface area contributed by atoms with Gasteiger partial charge in [-0.2, -0.15) is 0 Å². The highest BCUT2D eigenvalue weighted by Crippen LogP contribution is 2.16. The predicted molar refractivity (Wildman–Crippen MR) is 176 cm³/mol. The normalized spacial score (nSPS) is 12.0. The number of rotatable bonds is 16. The summed E-state index contributed by atoms with van der Waals surface area (Å²) in [4.78, 5) is 22.5. The second kappa shape index (κ2) is 19.9. The van der Waals surface area contributed by atoms with Gasteiger partial charge in [-0.1, -0.05) is 54.0 Å². The standard InChI is InChI=1S/C38H38O8/c1-3-43-35(37(39)40)27-31-16-20-33(21-17-31)45-24-9-5-7-12-29-14-11-15-30(26-29)13-8-6-10-25-46-34-22-18-32(19-23-34)28-36(38(41)42)44-4-2/h5-6,9-11,14-23,26,35-36H,3-4,24-25,27-28H2,1-2H3,(H,39,40)(H,41,42)/t35-,36-/m0/s1. The molecule has 0 bridgehead atoms. The van der Waals surface area contributed by atoms with E-state index in [9.17, 15) is 19.8 Å². The zero-order chi connectivity index (χ0) is 33.0. The van der Waals surface area contributed by atoms with Crippen molar-refractivity contribution in [2.75, 3.05) is 26.4 Å². The first-order valence-corrected chi connectivity index (χ1v) is 14.9. The third kappa shape index (κ3) is 13.2. The maximum atomic E-state index is 11.3. The van der Waals surface area contributed by atoms with Crippen LogP contribution in [0, 0.1) is 23.7 Å². The maximum Gasteiger partial charge on any atom is 0.333 e. The van der Waals surface area contributed by atoms with E-state index >= 15 is 0 Å². The van der Waals surface area contributed by atoms with Crippen molar-refractivity contribution in [2.24, 2.45) is 0 Å². The number of benzene rings is 3. The summed E-state index contributed by atoms with van der Waals surface area (Å²) in [6.07, 6.45) is 5.97. The molecule has 0 aliphatic heterocycles. The summed E-state index contributed by atoms with van der Waals surface area (Å²) in [6, 6.07) is 22.2. The Hall–Kier alpha value is -5.28. The number of ether oxygens (including phenoxy) is 4. The molecule has 3 rings (SSSR count). The second-order valence-corrected chi connectivity index (χ2v) is 9.81. The first-order valence-electron chi connectivity index (χ1n) is 14.9. The van der Waals surface area contributed by atoms with Crippen molar-refractivity contribution in [3.05, 3.63) is 119 Å². The summed E-state index contributed by atoms with van der Waals surface area (Å²) >= 11 is 0. The number of carboxylic acids is 2. The molecule has 238 valence electrons. The van der Waals surface area contributed by atoms with Crippen LogP contribution >= 0.6 is 0 Å². The van der Waals surface area contributed by atoms with Gasteiger partial charge in [-0.05, 0) is 91.7 Å². The molecule has 0 aliphatic rings. The van der Waals surface area contributed by atoms with Crippen LogP contribution in [0.4, 0.5) is 0 Å². The van der Waals surface area contributed by atoms with Gasteiger partial charge in [-0.3, -0.25) is 0 Å². The Morgan fingerprint density at radius 1 is 0.674 bits per heavy atom. The second-order valence-electron chi connectivity index (χ2n) is 9.81. The van der Waals surface area contributed by atoms with Crippen molar-refractivity contribution in [1.29, 1.82) is 0 Å². The number of hydrogen-bond donors (Lipinski definition) is 2. The van der Waals surface area contributed by atoms with Gasteiger partial charge in [0.25, 0.3) is 0 Å². The van der Waals surface area contributed by atoms with Gasteiger partial charge in [0.15, 0.2) is 12.2 Å². The Kier molecular flexibility index (Phi) is 15.2. The first kappa shape index (κ1) is 35.2. The van der Waals surface area contributed by atoms with Gasteiger partial charge < -0.3 is 29.2 Å². The van der Waals surface area contributed by atoms with Crippen LogP contribution in [0.25, 0.3) is 0 Å². The minimum Gasteiger partial charge on any atom is -0.490 e. The summed E-state index contributed by atoms with van der Waals surface area (Å²) in [5.74, 6) is 11.6. The average Bonchev–Trinajstić information content (AvgIpc) is 3.05. The highest BCUT2D eigenvalue weighted by Gasteiger charge is 2.18. The van der Waals surface area contributed by atoms with E-state index in [-0.39, 0.29) is 0 Å². The van der Waals surface area contributed by atoms with E-state index in [1.807, 2.05) is 60.7 Å². The van der Waals surface area contributed by atoms with Crippen LogP contribution in [0.15, 0.2) is 97.1 Å². The summed E-state index contributed by atoms with van der Waals surface area (Å²) in [6.45, 7) is 4.93. The SMILES string of the molecule is CCO[C@@H](Cc1ccc(OCC=CC#Cc2cccc(C#CC=CCOc3ccc(C[C@H](OCC)C(=O)O)cc3)c2)cc1)C(=O)O. The fourth-order valence-electron chi connectivity index (χ4n) is 4.14. The van der Waals surface area contributed by atoms with E-state index in [1.165, 1.54) is 0 Å². The lowest BCUT2D eigenvalue weighted by Gasteiger charge is -2.12. The fraction of sp³-hybridized carbons (Fsp3) is 0.263. The van der Waals surface area contributed by atoms with E-state index < -0.39 is 24.1 Å². The first-order chi connectivity index (χ1) is 22.4. The zero-order valence-corrected chi connectivity index (χ0v) is 26.0. The van der Waals surface area contributed by atoms with E-state index in [2.05, 4.69) is 23.7 Å². The minimum atomic E-state index is -0.974. The zero-order valence-electron chi connectivity index (χ0n) is 26.0. The Morgan fingerprint density at radius 3 is 1.46 bits per heavy atom. The van der Waals surface area contributed by atoms with Crippen molar-refractivity contribution >= 4 is 11.9 Å². The number of carbonyl (C=O) groups is 2. The third-order valence-electron chi connectivity index (χ3n) is 6.37. The van der Waals surface area contributed by atoms with Crippen LogP contribution in [0.5, 0.6) is 11.5 Å². The summed E-state index contributed by atoms with van der Waals surface area (Å²) in [5.41, 5.74) is 3.40. The van der Waals surface area contributed by atoms with E-state index in [1.54, 1.807) is 50.3 Å².